The first-order valence-corrected chi connectivity index (χ1v) is 11.0. The van der Waals surface area contributed by atoms with E-state index in [1.54, 1.807) is 25.1 Å². The Morgan fingerprint density at radius 2 is 1.90 bits per heavy atom. The molecule has 1 aliphatic heterocycles. The van der Waals surface area contributed by atoms with Gasteiger partial charge in [-0.2, -0.15) is 0 Å². The van der Waals surface area contributed by atoms with Crippen molar-refractivity contribution in [3.63, 3.8) is 0 Å². The minimum atomic E-state index is -1.14. The topological polar surface area (TPSA) is 88.4 Å². The van der Waals surface area contributed by atoms with Gasteiger partial charge in [0.1, 0.15) is 11.5 Å². The summed E-state index contributed by atoms with van der Waals surface area (Å²) >= 11 is 3.45. The molecule has 1 saturated heterocycles. The number of hydrogen-bond acceptors (Lipinski definition) is 4. The van der Waals surface area contributed by atoms with Gasteiger partial charge in [-0.15, -0.1) is 0 Å². The number of aromatic carboxylic acids is 1. The number of carboxylic acid groups (broad SMARTS) is 1. The average molecular weight is 483 g/mol. The monoisotopic (exact) mass is 482 g/mol. The van der Waals surface area contributed by atoms with E-state index in [0.29, 0.717) is 29.3 Å². The third kappa shape index (κ3) is 4.20. The van der Waals surface area contributed by atoms with E-state index in [1.165, 1.54) is 4.57 Å². The molecule has 4 rings (SSSR count). The minimum absolute atomic E-state index is 0.0142. The molecule has 2 atom stereocenters. The normalized spacial score (nSPS) is 18.8. The molecular formula is C24H23BrN2O4. The van der Waals surface area contributed by atoms with Crippen LogP contribution in [0.3, 0.4) is 0 Å². The first-order valence-electron chi connectivity index (χ1n) is 10.3. The standard InChI is InChI=1S/C24H23BrN2O4/c1-14(28)20-11-15(9-10-26-20)13-27-22(24(30)31)21(16-5-3-2-4-6-16)19-12-17(25)7-8-18(19)23(27)29/h2-8,12,15,20,26H,9-11,13H2,1H3,(H,30,31). The maximum atomic E-state index is 13.4. The molecule has 2 unspecified atom stereocenters. The Hall–Kier alpha value is -2.77. The van der Waals surface area contributed by atoms with E-state index < -0.39 is 5.97 Å². The van der Waals surface area contributed by atoms with Crippen molar-refractivity contribution in [2.45, 2.75) is 32.4 Å². The molecular weight excluding hydrogens is 460 g/mol. The van der Waals surface area contributed by atoms with Crippen molar-refractivity contribution >= 4 is 38.5 Å². The molecule has 3 aromatic rings. The smallest absolute Gasteiger partial charge is 0.353 e. The van der Waals surface area contributed by atoms with Crippen molar-refractivity contribution in [2.75, 3.05) is 6.54 Å². The fourth-order valence-electron chi connectivity index (χ4n) is 4.44. The fourth-order valence-corrected chi connectivity index (χ4v) is 4.80. The molecule has 1 fully saturated rings. The van der Waals surface area contributed by atoms with Gasteiger partial charge in [-0.25, -0.2) is 4.79 Å². The Bertz CT molecular complexity index is 1220. The summed E-state index contributed by atoms with van der Waals surface area (Å²) in [7, 11) is 0. The van der Waals surface area contributed by atoms with Crippen LogP contribution in [0.2, 0.25) is 0 Å². The van der Waals surface area contributed by atoms with E-state index >= 15 is 0 Å². The zero-order chi connectivity index (χ0) is 22.1. The second-order valence-electron chi connectivity index (χ2n) is 8.01. The number of benzene rings is 2. The predicted octanol–water partition coefficient (Wildman–Crippen LogP) is 4.09. The van der Waals surface area contributed by atoms with Gasteiger partial charge in [-0.3, -0.25) is 9.59 Å². The van der Waals surface area contributed by atoms with Crippen molar-refractivity contribution < 1.29 is 14.7 Å². The molecule has 2 aromatic carbocycles. The van der Waals surface area contributed by atoms with E-state index in [0.717, 1.165) is 16.5 Å². The van der Waals surface area contributed by atoms with Crippen LogP contribution in [0.5, 0.6) is 0 Å². The van der Waals surface area contributed by atoms with Crippen LogP contribution in [0.25, 0.3) is 21.9 Å². The van der Waals surface area contributed by atoms with Crippen LogP contribution in [0.4, 0.5) is 0 Å². The van der Waals surface area contributed by atoms with E-state index in [4.69, 9.17) is 0 Å². The van der Waals surface area contributed by atoms with Crippen molar-refractivity contribution in [1.29, 1.82) is 0 Å². The molecule has 0 bridgehead atoms. The number of Topliss-reactive ketones (excluding diaryl/α,β-unsaturated/α-hetero) is 1. The number of pyridine rings is 1. The van der Waals surface area contributed by atoms with Crippen LogP contribution < -0.4 is 10.9 Å². The zero-order valence-corrected chi connectivity index (χ0v) is 18.7. The van der Waals surface area contributed by atoms with Gasteiger partial charge in [0, 0.05) is 22.0 Å². The number of carbonyl (C=O) groups is 2. The van der Waals surface area contributed by atoms with E-state index in [2.05, 4.69) is 21.2 Å². The number of carboxylic acids is 1. The maximum absolute atomic E-state index is 13.4. The summed E-state index contributed by atoms with van der Waals surface area (Å²) < 4.78 is 2.17. The summed E-state index contributed by atoms with van der Waals surface area (Å²) in [6, 6.07) is 14.3. The van der Waals surface area contributed by atoms with Crippen molar-refractivity contribution in [3.05, 3.63) is 69.1 Å². The highest BCUT2D eigenvalue weighted by Gasteiger charge is 2.28. The number of halogens is 1. The summed E-state index contributed by atoms with van der Waals surface area (Å²) in [6.45, 7) is 2.48. The molecule has 2 N–H and O–H groups in total. The molecule has 0 amide bonds. The second kappa shape index (κ2) is 8.77. The summed E-state index contributed by atoms with van der Waals surface area (Å²) in [5.41, 5.74) is 0.932. The van der Waals surface area contributed by atoms with Gasteiger partial charge in [-0.1, -0.05) is 46.3 Å². The number of hydrogen-bond donors (Lipinski definition) is 2. The van der Waals surface area contributed by atoms with Crippen LogP contribution >= 0.6 is 15.9 Å². The molecule has 7 heteroatoms. The summed E-state index contributed by atoms with van der Waals surface area (Å²) in [4.78, 5) is 37.8. The van der Waals surface area contributed by atoms with Gasteiger partial charge < -0.3 is 15.0 Å². The highest BCUT2D eigenvalue weighted by atomic mass is 79.9. The molecule has 0 spiro atoms. The quantitative estimate of drug-likeness (QED) is 0.571. The number of ketones is 1. The Balaban J connectivity index is 1.95. The summed E-state index contributed by atoms with van der Waals surface area (Å²) in [6.07, 6.45) is 1.36. The lowest BCUT2D eigenvalue weighted by atomic mass is 9.90. The van der Waals surface area contributed by atoms with Gasteiger partial charge in [0.2, 0.25) is 0 Å². The zero-order valence-electron chi connectivity index (χ0n) is 17.1. The lowest BCUT2D eigenvalue weighted by molar-refractivity contribution is -0.119. The number of fused-ring (bicyclic) bond motifs is 1. The Labute approximate surface area is 188 Å². The Morgan fingerprint density at radius 3 is 2.58 bits per heavy atom. The fraction of sp³-hybridized carbons (Fsp3) is 0.292. The molecule has 6 nitrogen and oxygen atoms in total. The van der Waals surface area contributed by atoms with Crippen molar-refractivity contribution in [2.24, 2.45) is 5.92 Å². The van der Waals surface area contributed by atoms with Crippen LogP contribution in [0.15, 0.2) is 57.8 Å². The first-order chi connectivity index (χ1) is 14.9. The van der Waals surface area contributed by atoms with Crippen molar-refractivity contribution in [1.82, 2.24) is 9.88 Å². The summed E-state index contributed by atoms with van der Waals surface area (Å²) in [5.74, 6) is -1.05. The van der Waals surface area contributed by atoms with Gasteiger partial charge in [0.05, 0.1) is 6.04 Å². The van der Waals surface area contributed by atoms with Gasteiger partial charge >= 0.3 is 5.97 Å². The largest absolute Gasteiger partial charge is 0.477 e. The van der Waals surface area contributed by atoms with E-state index in [9.17, 15) is 19.5 Å². The number of nitrogens with one attached hydrogen (secondary N) is 1. The van der Waals surface area contributed by atoms with Gasteiger partial charge in [0.25, 0.3) is 5.56 Å². The maximum Gasteiger partial charge on any atom is 0.353 e. The lowest BCUT2D eigenvalue weighted by Crippen LogP contribution is -2.44. The van der Waals surface area contributed by atoms with Gasteiger partial charge in [-0.05, 0) is 61.4 Å². The summed E-state index contributed by atoms with van der Waals surface area (Å²) in [5, 5.41) is 14.5. The third-order valence-corrected chi connectivity index (χ3v) is 6.44. The van der Waals surface area contributed by atoms with Crippen LogP contribution in [-0.2, 0) is 11.3 Å². The highest BCUT2D eigenvalue weighted by Crippen LogP contribution is 2.33. The second-order valence-corrected chi connectivity index (χ2v) is 8.92. The van der Waals surface area contributed by atoms with Crippen LogP contribution in [0, 0.1) is 5.92 Å². The molecule has 1 aromatic heterocycles. The molecule has 31 heavy (non-hydrogen) atoms. The molecule has 0 radical (unpaired) electrons. The highest BCUT2D eigenvalue weighted by molar-refractivity contribution is 9.10. The Kier molecular flexibility index (Phi) is 6.07. The third-order valence-electron chi connectivity index (χ3n) is 5.94. The number of rotatable bonds is 5. The van der Waals surface area contributed by atoms with Crippen LogP contribution in [0.1, 0.15) is 30.3 Å². The molecule has 1 aliphatic rings. The Morgan fingerprint density at radius 1 is 1.16 bits per heavy atom. The molecule has 0 aliphatic carbocycles. The van der Waals surface area contributed by atoms with E-state index in [1.807, 2.05) is 30.3 Å². The predicted molar refractivity (Wildman–Crippen MR) is 123 cm³/mol. The van der Waals surface area contributed by atoms with Crippen LogP contribution in [-0.4, -0.2) is 34.0 Å². The number of carbonyl (C=O) groups excluding carboxylic acids is 1. The SMILES string of the molecule is CC(=O)C1CC(Cn2c(C(=O)O)c(-c3ccccc3)c3cc(Br)ccc3c2=O)CCN1. The van der Waals surface area contributed by atoms with E-state index in [-0.39, 0.29) is 35.5 Å². The minimum Gasteiger partial charge on any atom is -0.477 e. The molecule has 160 valence electrons. The van der Waals surface area contributed by atoms with Gasteiger partial charge in [0.15, 0.2) is 0 Å². The molecule has 0 saturated carbocycles. The number of piperidine rings is 1. The average Bonchev–Trinajstić information content (AvgIpc) is 2.76. The lowest BCUT2D eigenvalue weighted by Gasteiger charge is -2.30. The first kappa shape index (κ1) is 21.5. The number of nitrogens with zero attached hydrogens (tertiary/aromatic N) is 1. The molecule has 2 heterocycles. The van der Waals surface area contributed by atoms with Crippen molar-refractivity contribution in [3.8, 4) is 11.1 Å². The number of aromatic nitrogens is 1.